The Morgan fingerprint density at radius 3 is 2.37 bits per heavy atom. The number of rotatable bonds is 8. The highest BCUT2D eigenvalue weighted by molar-refractivity contribution is 6.36. The molecule has 2 rings (SSSR count). The molecule has 0 radical (unpaired) electrons. The minimum atomic E-state index is -4.95. The van der Waals surface area contributed by atoms with E-state index in [-0.39, 0.29) is 44.1 Å². The maximum absolute atomic E-state index is 13.1. The first-order valence-corrected chi connectivity index (χ1v) is 10.2. The lowest BCUT2D eigenvalue weighted by Gasteiger charge is -2.17. The van der Waals surface area contributed by atoms with Gasteiger partial charge in [0.15, 0.2) is 0 Å². The zero-order chi connectivity index (χ0) is 26.7. The second kappa shape index (κ2) is 11.0. The Morgan fingerprint density at radius 2 is 1.83 bits per heavy atom. The molecule has 0 bridgehead atoms. The Labute approximate surface area is 204 Å². The van der Waals surface area contributed by atoms with Gasteiger partial charge in [-0.25, -0.2) is 14.2 Å². The van der Waals surface area contributed by atoms with E-state index in [4.69, 9.17) is 43.5 Å². The van der Waals surface area contributed by atoms with E-state index in [1.807, 2.05) is 0 Å². The van der Waals surface area contributed by atoms with E-state index in [1.54, 1.807) is 0 Å². The molecule has 0 aliphatic heterocycles. The van der Waals surface area contributed by atoms with Gasteiger partial charge in [-0.15, -0.1) is 0 Å². The van der Waals surface area contributed by atoms with Gasteiger partial charge < -0.3 is 20.3 Å². The van der Waals surface area contributed by atoms with Crippen LogP contribution in [0.2, 0.25) is 10.0 Å². The molecule has 0 unspecified atom stereocenters. The van der Waals surface area contributed by atoms with Crippen molar-refractivity contribution in [3.05, 3.63) is 72.2 Å². The fourth-order valence-electron chi connectivity index (χ4n) is 2.89. The number of carboxylic acid groups (broad SMARTS) is 1. The Kier molecular flexibility index (Phi) is 8.76. The number of methoxy groups -OCH3 is 1. The monoisotopic (exact) mass is 539 g/mol. The van der Waals surface area contributed by atoms with E-state index in [2.05, 4.69) is 0 Å². The number of alkyl halides is 3. The van der Waals surface area contributed by atoms with E-state index >= 15 is 0 Å². The summed E-state index contributed by atoms with van der Waals surface area (Å²) in [5.74, 6) is -2.46. The van der Waals surface area contributed by atoms with Gasteiger partial charge in [0.05, 0.1) is 23.9 Å². The van der Waals surface area contributed by atoms with Crippen molar-refractivity contribution in [3.63, 3.8) is 0 Å². The Bertz CT molecular complexity index is 1300. The van der Waals surface area contributed by atoms with Crippen LogP contribution in [0.1, 0.15) is 11.3 Å². The quantitative estimate of drug-likeness (QED) is 0.294. The molecule has 2 aromatic rings. The summed E-state index contributed by atoms with van der Waals surface area (Å²) in [6.45, 7) is -0.522. The summed E-state index contributed by atoms with van der Waals surface area (Å²) in [6, 6.07) is 1.18. The van der Waals surface area contributed by atoms with Crippen LogP contribution >= 0.6 is 23.2 Å². The molecule has 0 aliphatic carbocycles. The summed E-state index contributed by atoms with van der Waals surface area (Å²) >= 11 is 12.2. The van der Waals surface area contributed by atoms with Crippen molar-refractivity contribution in [2.45, 2.75) is 18.6 Å². The number of carboxylic acids is 1. The van der Waals surface area contributed by atoms with E-state index < -0.39 is 47.7 Å². The van der Waals surface area contributed by atoms with Crippen molar-refractivity contribution in [2.24, 2.45) is 12.8 Å². The van der Waals surface area contributed by atoms with Crippen LogP contribution in [-0.4, -0.2) is 45.9 Å². The van der Waals surface area contributed by atoms with Crippen LogP contribution in [0.5, 0.6) is 0 Å². The van der Waals surface area contributed by atoms with Gasteiger partial charge in [-0.05, 0) is 24.1 Å². The van der Waals surface area contributed by atoms with Crippen LogP contribution in [0.25, 0.3) is 5.69 Å². The number of nitrogens with two attached hydrogens (primary N) is 1. The molecule has 10 nitrogen and oxygen atoms in total. The normalized spacial score (nSPS) is 12.9. The predicted molar refractivity (Wildman–Crippen MR) is 118 cm³/mol. The zero-order valence-electron chi connectivity index (χ0n) is 18.1. The first-order chi connectivity index (χ1) is 16.2. The molecule has 1 heterocycles. The summed E-state index contributed by atoms with van der Waals surface area (Å²) < 4.78 is 49.6. The third kappa shape index (κ3) is 6.65. The van der Waals surface area contributed by atoms with Crippen LogP contribution in [0, 0.1) is 0 Å². The van der Waals surface area contributed by atoms with Crippen molar-refractivity contribution in [1.29, 1.82) is 0 Å². The molecule has 0 fully saturated rings. The lowest BCUT2D eigenvalue weighted by molar-refractivity contribution is -0.145. The van der Waals surface area contributed by atoms with Gasteiger partial charge in [0.2, 0.25) is 0 Å². The summed E-state index contributed by atoms with van der Waals surface area (Å²) in [5, 5.41) is 8.48. The molecule has 15 heteroatoms. The number of nitrogens with zero attached hydrogens (tertiary/aromatic N) is 2. The molecule has 0 spiro atoms. The molecule has 0 amide bonds. The molecule has 190 valence electrons. The molecular formula is C20H18Cl2F3N3O7. The molecular weight excluding hydrogens is 522 g/mol. The smallest absolute Gasteiger partial charge is 0.431 e. The van der Waals surface area contributed by atoms with Gasteiger partial charge >= 0.3 is 23.8 Å². The molecule has 3 N–H and O–H groups in total. The fraction of sp³-hybridized carbons (Fsp3) is 0.300. The van der Waals surface area contributed by atoms with E-state index in [0.29, 0.717) is 10.6 Å². The third-order valence-electron chi connectivity index (χ3n) is 4.61. The number of hydrogen-bond acceptors (Lipinski definition) is 7. The van der Waals surface area contributed by atoms with Gasteiger partial charge in [-0.2, -0.15) is 13.2 Å². The highest BCUT2D eigenvalue weighted by Crippen LogP contribution is 2.29. The summed E-state index contributed by atoms with van der Waals surface area (Å²) in [6.07, 6.45) is -4.55. The number of ether oxygens (including phenoxy) is 2. The van der Waals surface area contributed by atoms with Crippen LogP contribution < -0.4 is 17.0 Å². The van der Waals surface area contributed by atoms with Crippen LogP contribution in [0.3, 0.4) is 0 Å². The zero-order valence-corrected chi connectivity index (χ0v) is 19.6. The van der Waals surface area contributed by atoms with Crippen LogP contribution in [0.4, 0.5) is 13.2 Å². The van der Waals surface area contributed by atoms with Gasteiger partial charge in [-0.1, -0.05) is 23.2 Å². The number of aliphatic carboxylic acids is 1. The number of halogens is 5. The summed E-state index contributed by atoms with van der Waals surface area (Å²) in [7, 11) is 2.01. The van der Waals surface area contributed by atoms with Crippen molar-refractivity contribution in [2.75, 3.05) is 13.7 Å². The highest BCUT2D eigenvalue weighted by Gasteiger charge is 2.35. The van der Waals surface area contributed by atoms with Crippen molar-refractivity contribution < 1.29 is 37.3 Å². The summed E-state index contributed by atoms with van der Waals surface area (Å²) in [4.78, 5) is 47.9. The lowest BCUT2D eigenvalue weighted by Crippen LogP contribution is -2.41. The first kappa shape index (κ1) is 28.0. The molecule has 1 atom stereocenters. The van der Waals surface area contributed by atoms with Crippen molar-refractivity contribution in [1.82, 2.24) is 9.13 Å². The number of carbonyl (C=O) groups excluding carboxylic acids is 1. The number of esters is 1. The maximum atomic E-state index is 13.1. The number of carbonyl (C=O) groups is 2. The molecule has 0 aliphatic rings. The van der Waals surface area contributed by atoms with Crippen LogP contribution in [0.15, 0.2) is 39.6 Å². The first-order valence-electron chi connectivity index (χ1n) is 9.45. The summed E-state index contributed by atoms with van der Waals surface area (Å²) in [5.41, 5.74) is 1.60. The molecule has 0 saturated carbocycles. The topological polar surface area (TPSA) is 143 Å². The third-order valence-corrected chi connectivity index (χ3v) is 5.27. The van der Waals surface area contributed by atoms with E-state index in [0.717, 1.165) is 19.2 Å². The van der Waals surface area contributed by atoms with E-state index in [1.165, 1.54) is 7.11 Å². The van der Waals surface area contributed by atoms with Gasteiger partial charge in [0, 0.05) is 18.1 Å². The fourth-order valence-corrected chi connectivity index (χ4v) is 3.44. The van der Waals surface area contributed by atoms with E-state index in [9.17, 15) is 32.3 Å². The molecule has 1 aromatic heterocycles. The Morgan fingerprint density at radius 1 is 1.20 bits per heavy atom. The van der Waals surface area contributed by atoms with Gasteiger partial charge in [0.1, 0.15) is 24.1 Å². The molecule has 1 aromatic carbocycles. The largest absolute Gasteiger partial charge is 0.497 e. The van der Waals surface area contributed by atoms with Gasteiger partial charge in [0.25, 0.3) is 5.56 Å². The second-order valence-corrected chi connectivity index (χ2v) is 7.82. The maximum Gasteiger partial charge on any atom is 0.431 e. The highest BCUT2D eigenvalue weighted by atomic mass is 35.5. The van der Waals surface area contributed by atoms with Gasteiger partial charge in [-0.3, -0.25) is 14.2 Å². The SMILES string of the molecule is CO/C(=C/C(=O)O)COC(=O)[C@@H](N)Cc1cc(-n2c(=O)cc(C(F)(F)F)n(C)c2=O)c(Cl)cc1Cl. The standard InChI is InChI=1S/C20H18Cl2F3N3O7/c1-27-15(20(23,24)25)7-16(29)28(19(27)33)14-4-9(11(21)6-12(14)22)3-13(26)18(32)35-8-10(34-2)5-17(30)31/h4-7,13H,3,8,26H2,1-2H3,(H,30,31)/b10-5+/t13-/m0/s1. The average molecular weight is 540 g/mol. The Balaban J connectivity index is 2.40. The Hall–Kier alpha value is -3.29. The number of benzene rings is 1. The minimum absolute atomic E-state index is 0.0119. The van der Waals surface area contributed by atoms with Crippen LogP contribution in [-0.2, 0) is 38.7 Å². The molecule has 35 heavy (non-hydrogen) atoms. The second-order valence-electron chi connectivity index (χ2n) is 7.01. The number of aromatic nitrogens is 2. The van der Waals surface area contributed by atoms with Crippen molar-refractivity contribution >= 4 is 35.1 Å². The average Bonchev–Trinajstić information content (AvgIpc) is 2.75. The molecule has 0 saturated heterocycles. The van der Waals surface area contributed by atoms with Crippen molar-refractivity contribution in [3.8, 4) is 5.69 Å². The predicted octanol–water partition coefficient (Wildman–Crippen LogP) is 1.89. The number of hydrogen-bond donors (Lipinski definition) is 2. The lowest BCUT2D eigenvalue weighted by atomic mass is 10.1. The minimum Gasteiger partial charge on any atom is -0.497 e.